The maximum Gasteiger partial charge on any atom is 0.0548 e. The van der Waals surface area contributed by atoms with Crippen LogP contribution in [0.15, 0.2) is 22.7 Å². The molecule has 0 saturated carbocycles. The summed E-state index contributed by atoms with van der Waals surface area (Å²) in [4.78, 5) is 0. The van der Waals surface area contributed by atoms with Crippen molar-refractivity contribution in [1.82, 2.24) is 5.32 Å². The van der Waals surface area contributed by atoms with Crippen LogP contribution in [0.1, 0.15) is 31.9 Å². The molecule has 0 saturated heterocycles. The first-order valence-electron chi connectivity index (χ1n) is 5.49. The molecule has 0 aliphatic rings. The molecule has 2 atom stereocenters. The largest absolute Gasteiger partial charge is 0.329 e. The number of hydrogen-bond acceptors (Lipinski definition) is 2. The summed E-state index contributed by atoms with van der Waals surface area (Å²) in [6.45, 7) is 4.90. The molecule has 0 aliphatic heterocycles. The van der Waals surface area contributed by atoms with Crippen LogP contribution in [0.4, 0.5) is 0 Å². The Morgan fingerprint density at radius 2 is 2.19 bits per heavy atom. The van der Waals surface area contributed by atoms with Crippen LogP contribution in [0.2, 0.25) is 5.02 Å². The third-order valence-corrected chi connectivity index (χ3v) is 3.89. The van der Waals surface area contributed by atoms with Gasteiger partial charge in [-0.25, -0.2) is 0 Å². The maximum atomic E-state index is 5.96. The van der Waals surface area contributed by atoms with E-state index in [-0.39, 0.29) is 6.04 Å². The number of hydrogen-bond donors (Lipinski definition) is 2. The van der Waals surface area contributed by atoms with Crippen molar-refractivity contribution in [2.24, 2.45) is 5.73 Å². The normalized spacial score (nSPS) is 14.8. The van der Waals surface area contributed by atoms with E-state index >= 15 is 0 Å². The molecule has 1 aromatic rings. The van der Waals surface area contributed by atoms with Crippen molar-refractivity contribution in [3.8, 4) is 0 Å². The Labute approximate surface area is 111 Å². The summed E-state index contributed by atoms with van der Waals surface area (Å²) >= 11 is 9.39. The number of nitrogens with two attached hydrogens (primary N) is 1. The second kappa shape index (κ2) is 6.60. The first-order valence-corrected chi connectivity index (χ1v) is 6.66. The maximum absolute atomic E-state index is 5.96. The molecule has 1 aromatic carbocycles. The molecule has 0 fully saturated rings. The molecular formula is C12H18BrClN2. The van der Waals surface area contributed by atoms with Gasteiger partial charge < -0.3 is 11.1 Å². The summed E-state index contributed by atoms with van der Waals surface area (Å²) in [6, 6.07) is 6.57. The number of nitrogens with one attached hydrogen (secondary N) is 1. The summed E-state index contributed by atoms with van der Waals surface area (Å²) in [5.74, 6) is 0. The molecule has 1 rings (SSSR count). The van der Waals surface area contributed by atoms with Gasteiger partial charge in [0.15, 0.2) is 0 Å². The van der Waals surface area contributed by atoms with Crippen molar-refractivity contribution in [2.45, 2.75) is 32.4 Å². The van der Waals surface area contributed by atoms with Gasteiger partial charge in [0, 0.05) is 23.1 Å². The molecule has 0 spiro atoms. The minimum atomic E-state index is 0.184. The highest BCUT2D eigenvalue weighted by Crippen LogP contribution is 2.26. The van der Waals surface area contributed by atoms with Gasteiger partial charge in [0.05, 0.1) is 5.02 Å². The lowest BCUT2D eigenvalue weighted by Gasteiger charge is -2.22. The van der Waals surface area contributed by atoms with Crippen molar-refractivity contribution in [2.75, 3.05) is 6.54 Å². The molecule has 90 valence electrons. The molecule has 16 heavy (non-hydrogen) atoms. The molecule has 0 bridgehead atoms. The minimum Gasteiger partial charge on any atom is -0.329 e. The average Bonchev–Trinajstić information content (AvgIpc) is 2.29. The Balaban J connectivity index is 2.82. The van der Waals surface area contributed by atoms with E-state index in [1.54, 1.807) is 0 Å². The number of benzene rings is 1. The van der Waals surface area contributed by atoms with Crippen LogP contribution in [-0.4, -0.2) is 12.6 Å². The van der Waals surface area contributed by atoms with Gasteiger partial charge in [-0.2, -0.15) is 0 Å². The van der Waals surface area contributed by atoms with Gasteiger partial charge >= 0.3 is 0 Å². The van der Waals surface area contributed by atoms with Crippen LogP contribution in [0.5, 0.6) is 0 Å². The van der Waals surface area contributed by atoms with Crippen molar-refractivity contribution < 1.29 is 0 Å². The summed E-state index contributed by atoms with van der Waals surface area (Å²) in [6.07, 6.45) is 1.09. The third kappa shape index (κ3) is 3.74. The fraction of sp³-hybridized carbons (Fsp3) is 0.500. The standard InChI is InChI=1S/C12H18BrClN2/c1-3-8(2)16-12(7-15)9-4-5-11(14)10(13)6-9/h4-6,8,12,16H,3,7,15H2,1-2H3. The third-order valence-electron chi connectivity index (χ3n) is 2.68. The Morgan fingerprint density at radius 3 is 2.69 bits per heavy atom. The quantitative estimate of drug-likeness (QED) is 0.874. The topological polar surface area (TPSA) is 38.0 Å². The monoisotopic (exact) mass is 304 g/mol. The van der Waals surface area contributed by atoms with Crippen molar-refractivity contribution >= 4 is 27.5 Å². The van der Waals surface area contributed by atoms with Gasteiger partial charge in [-0.05, 0) is 47.0 Å². The van der Waals surface area contributed by atoms with Gasteiger partial charge in [0.1, 0.15) is 0 Å². The highest BCUT2D eigenvalue weighted by Gasteiger charge is 2.12. The second-order valence-corrected chi connectivity index (χ2v) is 5.20. The van der Waals surface area contributed by atoms with E-state index in [1.165, 1.54) is 5.56 Å². The summed E-state index contributed by atoms with van der Waals surface area (Å²) in [5, 5.41) is 4.22. The zero-order valence-electron chi connectivity index (χ0n) is 9.63. The number of halogens is 2. The van der Waals surface area contributed by atoms with Gasteiger partial charge in [0.25, 0.3) is 0 Å². The lowest BCUT2D eigenvalue weighted by Crippen LogP contribution is -2.34. The fourth-order valence-electron chi connectivity index (χ4n) is 1.49. The van der Waals surface area contributed by atoms with Gasteiger partial charge in [-0.3, -0.25) is 0 Å². The SMILES string of the molecule is CCC(C)NC(CN)c1ccc(Cl)c(Br)c1. The molecule has 2 nitrogen and oxygen atoms in total. The highest BCUT2D eigenvalue weighted by molar-refractivity contribution is 9.10. The molecule has 3 N–H and O–H groups in total. The Kier molecular flexibility index (Phi) is 5.76. The van der Waals surface area contributed by atoms with E-state index in [2.05, 4.69) is 35.1 Å². The molecule has 0 aromatic heterocycles. The molecular weight excluding hydrogens is 288 g/mol. The van der Waals surface area contributed by atoms with E-state index in [0.717, 1.165) is 15.9 Å². The fourth-order valence-corrected chi connectivity index (χ4v) is 2.00. The van der Waals surface area contributed by atoms with Crippen LogP contribution < -0.4 is 11.1 Å². The summed E-state index contributed by atoms with van der Waals surface area (Å²) < 4.78 is 0.913. The van der Waals surface area contributed by atoms with E-state index in [1.807, 2.05) is 18.2 Å². The molecule has 0 radical (unpaired) electrons. The first kappa shape index (κ1) is 14.0. The molecule has 0 heterocycles. The molecule has 0 amide bonds. The Hall–Kier alpha value is -0.0900. The minimum absolute atomic E-state index is 0.184. The molecule has 0 aliphatic carbocycles. The van der Waals surface area contributed by atoms with E-state index < -0.39 is 0 Å². The predicted octanol–water partition coefficient (Wildman–Crippen LogP) is 3.49. The van der Waals surface area contributed by atoms with Crippen LogP contribution in [-0.2, 0) is 0 Å². The smallest absolute Gasteiger partial charge is 0.0548 e. The molecule has 4 heteroatoms. The lowest BCUT2D eigenvalue weighted by atomic mass is 10.1. The predicted molar refractivity (Wildman–Crippen MR) is 73.8 cm³/mol. The Morgan fingerprint density at radius 1 is 1.50 bits per heavy atom. The van der Waals surface area contributed by atoms with Gasteiger partial charge in [0.2, 0.25) is 0 Å². The second-order valence-electron chi connectivity index (χ2n) is 3.94. The van der Waals surface area contributed by atoms with E-state index in [0.29, 0.717) is 12.6 Å². The van der Waals surface area contributed by atoms with Crippen LogP contribution in [0, 0.1) is 0 Å². The first-order chi connectivity index (χ1) is 7.58. The Bertz CT molecular complexity index is 344. The van der Waals surface area contributed by atoms with Gasteiger partial charge in [-0.1, -0.05) is 24.6 Å². The number of rotatable bonds is 5. The van der Waals surface area contributed by atoms with Crippen molar-refractivity contribution in [3.63, 3.8) is 0 Å². The van der Waals surface area contributed by atoms with E-state index in [9.17, 15) is 0 Å². The van der Waals surface area contributed by atoms with Crippen LogP contribution in [0.3, 0.4) is 0 Å². The highest BCUT2D eigenvalue weighted by atomic mass is 79.9. The van der Waals surface area contributed by atoms with Gasteiger partial charge in [-0.15, -0.1) is 0 Å². The van der Waals surface area contributed by atoms with E-state index in [4.69, 9.17) is 17.3 Å². The average molecular weight is 306 g/mol. The van der Waals surface area contributed by atoms with Crippen molar-refractivity contribution in [1.29, 1.82) is 0 Å². The van der Waals surface area contributed by atoms with Crippen molar-refractivity contribution in [3.05, 3.63) is 33.3 Å². The van der Waals surface area contributed by atoms with Crippen LogP contribution >= 0.6 is 27.5 Å². The zero-order valence-corrected chi connectivity index (χ0v) is 12.0. The zero-order chi connectivity index (χ0) is 12.1. The molecule has 2 unspecified atom stereocenters. The summed E-state index contributed by atoms with van der Waals surface area (Å²) in [5.41, 5.74) is 6.95. The lowest BCUT2D eigenvalue weighted by molar-refractivity contribution is 0.452. The summed E-state index contributed by atoms with van der Waals surface area (Å²) in [7, 11) is 0. The van der Waals surface area contributed by atoms with Crippen LogP contribution in [0.25, 0.3) is 0 Å².